The summed E-state index contributed by atoms with van der Waals surface area (Å²) in [7, 11) is 0. The number of nitrogens with one attached hydrogen (secondary N) is 1. The smallest absolute Gasteiger partial charge is 0.122 e. The van der Waals surface area contributed by atoms with Crippen LogP contribution in [0.4, 0.5) is 0 Å². The quantitative estimate of drug-likeness (QED) is 0.917. The van der Waals surface area contributed by atoms with E-state index in [1.807, 2.05) is 6.07 Å². The fourth-order valence-corrected chi connectivity index (χ4v) is 3.37. The lowest BCUT2D eigenvalue weighted by atomic mass is 9.87. The molecule has 1 N–H and O–H groups in total. The van der Waals surface area contributed by atoms with Crippen LogP contribution in [0.2, 0.25) is 0 Å². The molecule has 2 aliphatic heterocycles. The number of ether oxygens (including phenoxy) is 1. The van der Waals surface area contributed by atoms with Gasteiger partial charge in [-0.05, 0) is 30.4 Å². The SMILES string of the molecule is c1ccc2c(c1)OCCC2Cc1ncnc2c1CNCC2. The van der Waals surface area contributed by atoms with E-state index in [1.54, 1.807) is 6.33 Å². The lowest BCUT2D eigenvalue weighted by Crippen LogP contribution is -2.27. The molecule has 0 saturated carbocycles. The maximum absolute atomic E-state index is 5.76. The van der Waals surface area contributed by atoms with E-state index in [4.69, 9.17) is 4.74 Å². The molecule has 0 bridgehead atoms. The molecule has 0 fully saturated rings. The van der Waals surface area contributed by atoms with E-state index in [2.05, 4.69) is 33.5 Å². The summed E-state index contributed by atoms with van der Waals surface area (Å²) in [5, 5.41) is 3.43. The van der Waals surface area contributed by atoms with Crippen LogP contribution in [-0.2, 0) is 19.4 Å². The Labute approximate surface area is 124 Å². The van der Waals surface area contributed by atoms with E-state index in [0.29, 0.717) is 5.92 Å². The summed E-state index contributed by atoms with van der Waals surface area (Å²) < 4.78 is 5.76. The number of fused-ring (bicyclic) bond motifs is 2. The summed E-state index contributed by atoms with van der Waals surface area (Å²) in [6.07, 6.45) is 4.77. The minimum absolute atomic E-state index is 0.496. The van der Waals surface area contributed by atoms with Gasteiger partial charge in [0.1, 0.15) is 12.1 Å². The van der Waals surface area contributed by atoms with Crippen LogP contribution in [0.3, 0.4) is 0 Å². The van der Waals surface area contributed by atoms with Crippen LogP contribution in [-0.4, -0.2) is 23.1 Å². The first-order valence-corrected chi connectivity index (χ1v) is 7.66. The Kier molecular flexibility index (Phi) is 3.31. The maximum Gasteiger partial charge on any atom is 0.122 e. The molecule has 2 aromatic rings. The van der Waals surface area contributed by atoms with Gasteiger partial charge < -0.3 is 10.1 Å². The summed E-state index contributed by atoms with van der Waals surface area (Å²) in [4.78, 5) is 9.01. The summed E-state index contributed by atoms with van der Waals surface area (Å²) in [5.74, 6) is 1.53. The topological polar surface area (TPSA) is 47.0 Å². The fourth-order valence-electron chi connectivity index (χ4n) is 3.37. The molecule has 0 spiro atoms. The first kappa shape index (κ1) is 12.8. The van der Waals surface area contributed by atoms with Crippen LogP contribution in [0.25, 0.3) is 0 Å². The van der Waals surface area contributed by atoms with Gasteiger partial charge in [-0.25, -0.2) is 9.97 Å². The molecule has 1 aromatic heterocycles. The Morgan fingerprint density at radius 2 is 2.19 bits per heavy atom. The van der Waals surface area contributed by atoms with Gasteiger partial charge in [-0.3, -0.25) is 0 Å². The third-order valence-electron chi connectivity index (χ3n) is 4.49. The van der Waals surface area contributed by atoms with E-state index >= 15 is 0 Å². The van der Waals surface area contributed by atoms with Crippen molar-refractivity contribution in [3.63, 3.8) is 0 Å². The number of benzene rings is 1. The fraction of sp³-hybridized carbons (Fsp3) is 0.412. The van der Waals surface area contributed by atoms with E-state index in [1.165, 1.54) is 22.5 Å². The highest BCUT2D eigenvalue weighted by atomic mass is 16.5. The minimum Gasteiger partial charge on any atom is -0.493 e. The average Bonchev–Trinajstić information content (AvgIpc) is 2.56. The lowest BCUT2D eigenvalue weighted by molar-refractivity contribution is 0.266. The van der Waals surface area contributed by atoms with Crippen LogP contribution in [0.5, 0.6) is 5.75 Å². The van der Waals surface area contributed by atoms with Gasteiger partial charge in [0.05, 0.1) is 6.61 Å². The van der Waals surface area contributed by atoms with Crippen LogP contribution < -0.4 is 10.1 Å². The van der Waals surface area contributed by atoms with Crippen LogP contribution in [0.15, 0.2) is 30.6 Å². The molecular weight excluding hydrogens is 262 g/mol. The number of hydrogen-bond donors (Lipinski definition) is 1. The molecular formula is C17H19N3O. The second-order valence-corrected chi connectivity index (χ2v) is 5.75. The summed E-state index contributed by atoms with van der Waals surface area (Å²) in [5.41, 5.74) is 5.06. The summed E-state index contributed by atoms with van der Waals surface area (Å²) >= 11 is 0. The Morgan fingerprint density at radius 3 is 3.19 bits per heavy atom. The molecule has 4 heteroatoms. The van der Waals surface area contributed by atoms with Crippen molar-refractivity contribution in [2.45, 2.75) is 31.7 Å². The van der Waals surface area contributed by atoms with Gasteiger partial charge in [-0.15, -0.1) is 0 Å². The van der Waals surface area contributed by atoms with Crippen molar-refractivity contribution in [2.75, 3.05) is 13.2 Å². The molecule has 0 radical (unpaired) electrons. The number of para-hydroxylation sites is 1. The largest absolute Gasteiger partial charge is 0.493 e. The van der Waals surface area contributed by atoms with Crippen LogP contribution >= 0.6 is 0 Å². The van der Waals surface area contributed by atoms with Crippen molar-refractivity contribution in [3.8, 4) is 5.75 Å². The van der Waals surface area contributed by atoms with E-state index in [0.717, 1.165) is 44.7 Å². The normalized spacial score (nSPS) is 20.3. The molecule has 21 heavy (non-hydrogen) atoms. The van der Waals surface area contributed by atoms with Gasteiger partial charge in [0.25, 0.3) is 0 Å². The van der Waals surface area contributed by atoms with Crippen molar-refractivity contribution >= 4 is 0 Å². The van der Waals surface area contributed by atoms with E-state index in [-0.39, 0.29) is 0 Å². The van der Waals surface area contributed by atoms with Crippen LogP contribution in [0, 0.1) is 0 Å². The average molecular weight is 281 g/mol. The van der Waals surface area contributed by atoms with Crippen molar-refractivity contribution in [3.05, 3.63) is 53.1 Å². The summed E-state index contributed by atoms with van der Waals surface area (Å²) in [6, 6.07) is 8.39. The predicted octanol–water partition coefficient (Wildman–Crippen LogP) is 2.23. The molecule has 2 aliphatic rings. The standard InChI is InChI=1S/C17H19N3O/c1-2-4-17-13(3-1)12(6-8-21-17)9-16-14-10-18-7-5-15(14)19-11-20-16/h1-4,11-12,18H,5-10H2. The lowest BCUT2D eigenvalue weighted by Gasteiger charge is -2.27. The molecule has 0 amide bonds. The number of hydrogen-bond acceptors (Lipinski definition) is 4. The minimum atomic E-state index is 0.496. The van der Waals surface area contributed by atoms with Crippen molar-refractivity contribution in [2.24, 2.45) is 0 Å². The Balaban J connectivity index is 1.66. The van der Waals surface area contributed by atoms with Crippen molar-refractivity contribution < 1.29 is 4.74 Å². The Hall–Kier alpha value is -1.94. The van der Waals surface area contributed by atoms with Gasteiger partial charge >= 0.3 is 0 Å². The monoisotopic (exact) mass is 281 g/mol. The molecule has 1 unspecified atom stereocenters. The molecule has 0 saturated heterocycles. The van der Waals surface area contributed by atoms with Gasteiger partial charge in [-0.2, -0.15) is 0 Å². The van der Waals surface area contributed by atoms with Crippen molar-refractivity contribution in [1.82, 2.24) is 15.3 Å². The van der Waals surface area contributed by atoms with Gasteiger partial charge in [0.2, 0.25) is 0 Å². The van der Waals surface area contributed by atoms with E-state index < -0.39 is 0 Å². The molecule has 3 heterocycles. The maximum atomic E-state index is 5.76. The third kappa shape index (κ3) is 2.40. The highest BCUT2D eigenvalue weighted by molar-refractivity contribution is 5.39. The zero-order valence-electron chi connectivity index (χ0n) is 12.0. The number of aromatic nitrogens is 2. The third-order valence-corrected chi connectivity index (χ3v) is 4.49. The molecule has 4 rings (SSSR count). The Bertz CT molecular complexity index is 656. The zero-order valence-corrected chi connectivity index (χ0v) is 12.0. The summed E-state index contributed by atoms with van der Waals surface area (Å²) in [6.45, 7) is 2.72. The second kappa shape index (κ2) is 5.45. The molecule has 1 aromatic carbocycles. The molecule has 4 nitrogen and oxygen atoms in total. The zero-order chi connectivity index (χ0) is 14.1. The first-order chi connectivity index (χ1) is 10.4. The van der Waals surface area contributed by atoms with Crippen LogP contribution in [0.1, 0.15) is 34.9 Å². The van der Waals surface area contributed by atoms with Gasteiger partial charge in [0.15, 0.2) is 0 Å². The number of rotatable bonds is 2. The van der Waals surface area contributed by atoms with Gasteiger partial charge in [0, 0.05) is 36.5 Å². The molecule has 108 valence electrons. The molecule has 1 atom stereocenters. The molecule has 0 aliphatic carbocycles. The Morgan fingerprint density at radius 1 is 1.24 bits per heavy atom. The van der Waals surface area contributed by atoms with Gasteiger partial charge in [-0.1, -0.05) is 18.2 Å². The van der Waals surface area contributed by atoms with E-state index in [9.17, 15) is 0 Å². The van der Waals surface area contributed by atoms with Crippen molar-refractivity contribution in [1.29, 1.82) is 0 Å². The second-order valence-electron chi connectivity index (χ2n) is 5.75. The highest BCUT2D eigenvalue weighted by Gasteiger charge is 2.24. The highest BCUT2D eigenvalue weighted by Crippen LogP contribution is 2.35. The first-order valence-electron chi connectivity index (χ1n) is 7.66. The number of nitrogens with zero attached hydrogens (tertiary/aromatic N) is 2. The predicted molar refractivity (Wildman–Crippen MR) is 80.4 cm³/mol.